The third-order valence-corrected chi connectivity index (χ3v) is 3.76. The first-order chi connectivity index (χ1) is 6.66. The van der Waals surface area contributed by atoms with E-state index >= 15 is 0 Å². The van der Waals surface area contributed by atoms with Crippen molar-refractivity contribution >= 4 is 11.9 Å². The molecule has 0 N–H and O–H groups in total. The second kappa shape index (κ2) is 2.47. The summed E-state index contributed by atoms with van der Waals surface area (Å²) in [6, 6.07) is 0. The summed E-state index contributed by atoms with van der Waals surface area (Å²) < 4.78 is 4.69. The van der Waals surface area contributed by atoms with Crippen LogP contribution in [0.15, 0.2) is 11.6 Å². The molecular weight excluding hydrogens is 180 g/mol. The number of cyclic esters (lactones) is 2. The zero-order chi connectivity index (χ0) is 9.87. The summed E-state index contributed by atoms with van der Waals surface area (Å²) in [5.74, 6) is -0.258. The molecule has 0 amide bonds. The Balaban J connectivity index is 2.03. The highest BCUT2D eigenvalue weighted by Crippen LogP contribution is 2.52. The number of rotatable bonds is 0. The lowest BCUT2D eigenvalue weighted by molar-refractivity contribution is -0.155. The van der Waals surface area contributed by atoms with E-state index in [9.17, 15) is 9.59 Å². The zero-order valence-electron chi connectivity index (χ0n) is 8.03. The summed E-state index contributed by atoms with van der Waals surface area (Å²) in [6.45, 7) is 2.08. The Kier molecular flexibility index (Phi) is 1.45. The van der Waals surface area contributed by atoms with Gasteiger partial charge in [-0.3, -0.25) is 9.59 Å². The van der Waals surface area contributed by atoms with Gasteiger partial charge in [0.2, 0.25) is 0 Å². The van der Waals surface area contributed by atoms with Crippen molar-refractivity contribution in [2.45, 2.75) is 19.8 Å². The fourth-order valence-electron chi connectivity index (χ4n) is 3.33. The van der Waals surface area contributed by atoms with Gasteiger partial charge in [0.05, 0.1) is 11.8 Å². The van der Waals surface area contributed by atoms with Crippen molar-refractivity contribution < 1.29 is 14.3 Å². The molecule has 1 aliphatic heterocycles. The van der Waals surface area contributed by atoms with Crippen molar-refractivity contribution in [2.75, 3.05) is 0 Å². The third kappa shape index (κ3) is 0.873. The molecule has 14 heavy (non-hydrogen) atoms. The van der Waals surface area contributed by atoms with E-state index in [1.54, 1.807) is 0 Å². The number of hydrogen-bond donors (Lipinski definition) is 0. The highest BCUT2D eigenvalue weighted by atomic mass is 16.6. The van der Waals surface area contributed by atoms with E-state index in [0.717, 1.165) is 12.8 Å². The molecule has 1 saturated carbocycles. The van der Waals surface area contributed by atoms with Crippen LogP contribution in [0.5, 0.6) is 0 Å². The quantitative estimate of drug-likeness (QED) is 0.330. The maximum atomic E-state index is 11.4. The van der Waals surface area contributed by atoms with Crippen LogP contribution >= 0.6 is 0 Å². The molecule has 2 fully saturated rings. The summed E-state index contributed by atoms with van der Waals surface area (Å²) in [6.07, 6.45) is 4.11. The molecule has 74 valence electrons. The lowest BCUT2D eigenvalue weighted by Gasteiger charge is -2.18. The maximum absolute atomic E-state index is 11.4. The molecule has 0 aromatic rings. The van der Waals surface area contributed by atoms with Gasteiger partial charge in [-0.1, -0.05) is 11.6 Å². The molecule has 0 spiro atoms. The molecular formula is C11H12O3. The molecule has 2 aliphatic carbocycles. The van der Waals surface area contributed by atoms with E-state index in [1.807, 2.05) is 0 Å². The van der Waals surface area contributed by atoms with Crippen LogP contribution in [0, 0.1) is 23.7 Å². The van der Waals surface area contributed by atoms with Gasteiger partial charge < -0.3 is 4.74 Å². The van der Waals surface area contributed by atoms with Crippen LogP contribution in [0.1, 0.15) is 19.8 Å². The Labute approximate surface area is 82.1 Å². The van der Waals surface area contributed by atoms with Crippen molar-refractivity contribution in [2.24, 2.45) is 23.7 Å². The number of allylic oxidation sites excluding steroid dienone is 2. The second-order valence-electron chi connectivity index (χ2n) is 4.67. The first-order valence-corrected chi connectivity index (χ1v) is 5.09. The predicted molar refractivity (Wildman–Crippen MR) is 48.1 cm³/mol. The predicted octanol–water partition coefficient (Wildman–Crippen LogP) is 1.29. The van der Waals surface area contributed by atoms with E-state index in [0.29, 0.717) is 5.92 Å². The van der Waals surface area contributed by atoms with Gasteiger partial charge in [-0.2, -0.15) is 0 Å². The van der Waals surface area contributed by atoms with Crippen LogP contribution in [-0.4, -0.2) is 11.9 Å². The Morgan fingerprint density at radius 2 is 2.00 bits per heavy atom. The van der Waals surface area contributed by atoms with Gasteiger partial charge in [-0.25, -0.2) is 0 Å². The molecule has 2 bridgehead atoms. The molecule has 4 unspecified atom stereocenters. The van der Waals surface area contributed by atoms with Gasteiger partial charge in [-0.05, 0) is 31.6 Å². The standard InChI is InChI=1S/C11H12O3/c1-5-2-6-4-7(3-5)9-8(6)10(12)14-11(9)13/h2,6-9H,3-4H2,1H3. The van der Waals surface area contributed by atoms with Gasteiger partial charge in [0, 0.05) is 0 Å². The molecule has 1 saturated heterocycles. The van der Waals surface area contributed by atoms with Gasteiger partial charge in [0.25, 0.3) is 0 Å². The number of carbonyl (C=O) groups is 2. The number of ether oxygens (including phenoxy) is 1. The third-order valence-electron chi connectivity index (χ3n) is 3.76. The largest absolute Gasteiger partial charge is 0.393 e. The topological polar surface area (TPSA) is 43.4 Å². The van der Waals surface area contributed by atoms with Gasteiger partial charge >= 0.3 is 11.9 Å². The van der Waals surface area contributed by atoms with Crippen molar-refractivity contribution in [3.05, 3.63) is 11.6 Å². The Hall–Kier alpha value is -1.12. The maximum Gasteiger partial charge on any atom is 0.318 e. The molecule has 0 aromatic carbocycles. The van der Waals surface area contributed by atoms with Gasteiger partial charge in [-0.15, -0.1) is 0 Å². The smallest absolute Gasteiger partial charge is 0.318 e. The number of fused-ring (bicyclic) bond motifs is 5. The Morgan fingerprint density at radius 3 is 2.79 bits per heavy atom. The van der Waals surface area contributed by atoms with Crippen molar-refractivity contribution in [3.63, 3.8) is 0 Å². The minimum Gasteiger partial charge on any atom is -0.393 e. The van der Waals surface area contributed by atoms with E-state index in [1.165, 1.54) is 5.57 Å². The molecule has 3 heteroatoms. The van der Waals surface area contributed by atoms with Crippen LogP contribution in [0.3, 0.4) is 0 Å². The molecule has 3 aliphatic rings. The normalized spacial score (nSPS) is 44.8. The molecule has 0 radical (unpaired) electrons. The lowest BCUT2D eigenvalue weighted by Crippen LogP contribution is -2.18. The van der Waals surface area contributed by atoms with Gasteiger partial charge in [0.1, 0.15) is 0 Å². The van der Waals surface area contributed by atoms with Crippen LogP contribution < -0.4 is 0 Å². The minimum atomic E-state index is -0.293. The fraction of sp³-hybridized carbons (Fsp3) is 0.636. The van der Waals surface area contributed by atoms with E-state index < -0.39 is 0 Å². The lowest BCUT2D eigenvalue weighted by atomic mass is 9.87. The summed E-state index contributed by atoms with van der Waals surface area (Å²) in [4.78, 5) is 22.9. The minimum absolute atomic E-state index is 0.138. The van der Waals surface area contributed by atoms with E-state index in [-0.39, 0.29) is 29.7 Å². The first-order valence-electron chi connectivity index (χ1n) is 5.09. The average molecular weight is 192 g/mol. The summed E-state index contributed by atoms with van der Waals surface area (Å²) >= 11 is 0. The van der Waals surface area contributed by atoms with E-state index in [2.05, 4.69) is 13.0 Å². The highest BCUT2D eigenvalue weighted by Gasteiger charge is 2.57. The SMILES string of the molecule is CC1=CC2CC(C1)C1C(=O)OC(=O)C21. The highest BCUT2D eigenvalue weighted by molar-refractivity contribution is 5.97. The van der Waals surface area contributed by atoms with Crippen molar-refractivity contribution in [1.29, 1.82) is 0 Å². The van der Waals surface area contributed by atoms with Crippen molar-refractivity contribution in [1.82, 2.24) is 0 Å². The molecule has 0 aromatic heterocycles. The molecule has 4 atom stereocenters. The van der Waals surface area contributed by atoms with E-state index in [4.69, 9.17) is 4.74 Å². The monoisotopic (exact) mass is 192 g/mol. The average Bonchev–Trinajstić information content (AvgIpc) is 2.52. The number of hydrogen-bond acceptors (Lipinski definition) is 3. The molecule has 3 rings (SSSR count). The molecule has 3 nitrogen and oxygen atoms in total. The number of carbonyl (C=O) groups excluding carboxylic acids is 2. The van der Waals surface area contributed by atoms with Crippen LogP contribution in [-0.2, 0) is 14.3 Å². The fourth-order valence-corrected chi connectivity index (χ4v) is 3.33. The first kappa shape index (κ1) is 8.21. The van der Waals surface area contributed by atoms with Crippen LogP contribution in [0.4, 0.5) is 0 Å². The van der Waals surface area contributed by atoms with Crippen LogP contribution in [0.25, 0.3) is 0 Å². The summed E-state index contributed by atoms with van der Waals surface area (Å²) in [5, 5.41) is 0. The summed E-state index contributed by atoms with van der Waals surface area (Å²) in [5.41, 5.74) is 1.32. The Bertz CT molecular complexity index is 356. The van der Waals surface area contributed by atoms with Gasteiger partial charge in [0.15, 0.2) is 0 Å². The second-order valence-corrected chi connectivity index (χ2v) is 4.67. The molecule has 1 heterocycles. The van der Waals surface area contributed by atoms with Crippen LogP contribution in [0.2, 0.25) is 0 Å². The number of esters is 2. The summed E-state index contributed by atoms with van der Waals surface area (Å²) in [7, 11) is 0. The Morgan fingerprint density at radius 1 is 1.29 bits per heavy atom. The van der Waals surface area contributed by atoms with Crippen molar-refractivity contribution in [3.8, 4) is 0 Å². The zero-order valence-corrected chi connectivity index (χ0v) is 8.03.